The Labute approximate surface area is 505 Å². The molecule has 0 aliphatic heterocycles. The predicted molar refractivity (Wildman–Crippen MR) is 345 cm³/mol. The Bertz CT molecular complexity index is 5080. The molecule has 13 rings (SSSR count). The van der Waals surface area contributed by atoms with Gasteiger partial charge in [0, 0.05) is 6.20 Å². The van der Waals surface area contributed by atoms with Gasteiger partial charge in [-0.2, -0.15) is 0 Å². The van der Waals surface area contributed by atoms with Crippen molar-refractivity contribution in [2.75, 3.05) is 0 Å². The van der Waals surface area contributed by atoms with Crippen molar-refractivity contribution in [1.29, 1.82) is 0 Å². The second kappa shape index (κ2) is 20.0. The summed E-state index contributed by atoms with van der Waals surface area (Å²) in [6.45, 7) is 26.6. The first kappa shape index (κ1) is 48.2. The molecule has 0 saturated carbocycles. The van der Waals surface area contributed by atoms with E-state index in [2.05, 4.69) is 284 Å². The van der Waals surface area contributed by atoms with Crippen LogP contribution in [0, 0.1) is 3.80 Å². The van der Waals surface area contributed by atoms with Crippen molar-refractivity contribution in [3.63, 3.8) is 0 Å². The molecule has 7 heteroatoms. The van der Waals surface area contributed by atoms with Gasteiger partial charge in [0.25, 0.3) is 0 Å². The number of ether oxygens (including phenoxy) is 1. The first-order valence-electron chi connectivity index (χ1n) is 31.1. The van der Waals surface area contributed by atoms with E-state index in [0.29, 0.717) is 22.7 Å². The van der Waals surface area contributed by atoms with Crippen LogP contribution >= 0.6 is 0 Å². The van der Waals surface area contributed by atoms with Gasteiger partial charge in [-0.3, -0.25) is 0 Å². The third-order valence-electron chi connectivity index (χ3n) is 16.4. The van der Waals surface area contributed by atoms with Crippen LogP contribution in [0.15, 0.2) is 212 Å². The van der Waals surface area contributed by atoms with Crippen molar-refractivity contribution in [3.05, 3.63) is 238 Å². The molecule has 0 fully saturated rings. The average molecular weight is 1270 g/mol. The summed E-state index contributed by atoms with van der Waals surface area (Å²) < 4.78 is 63.9. The van der Waals surface area contributed by atoms with Crippen LogP contribution in [0.5, 0.6) is 11.5 Å². The number of para-hydroxylation sites is 4. The second-order valence-corrected chi connectivity index (χ2v) is 27.2. The molecule has 0 unspecified atom stereocenters. The summed E-state index contributed by atoms with van der Waals surface area (Å²) >= 11 is 2.47. The minimum absolute atomic E-state index is 0.0871. The normalized spacial score (nSPS) is 13.5. The number of hydrogen-bond acceptors (Lipinski definition) is 2. The molecular weight excluding hydrogens is 1190 g/mol. The van der Waals surface area contributed by atoms with E-state index in [1.807, 2.05) is 18.3 Å². The second-order valence-electron chi connectivity index (χ2n) is 26.2. The SMILES string of the molecule is [2H]c1c([2H])c([2H])c(-c2cc(C(C)(C)C)cc(-c3cc(C(C)(C)C)cc(C(C)(C)C)c3)c2-n2[c](=[Pt])n3c4cc(Oc5ccc6c7ccccc7n(-c7cc(C(C)(C)C)ccn7)c6c5)ccc4n(-c4ccccc4)c4ccccc4c4cccc2c43)c([2H])c1[2H]. The molecule has 9 aromatic carbocycles. The third-order valence-corrected chi connectivity index (χ3v) is 17.4. The topological polar surface area (TPSA) is 41.3 Å². The summed E-state index contributed by atoms with van der Waals surface area (Å²) in [6.07, 6.45) is 1.90. The van der Waals surface area contributed by atoms with E-state index >= 15 is 0 Å². The minimum atomic E-state index is -0.441. The molecule has 0 aliphatic rings. The molecule has 0 bridgehead atoms. The van der Waals surface area contributed by atoms with Crippen LogP contribution < -0.4 is 4.74 Å². The Morgan fingerprint density at radius 2 is 0.940 bits per heavy atom. The van der Waals surface area contributed by atoms with Crippen molar-refractivity contribution in [3.8, 4) is 50.9 Å². The van der Waals surface area contributed by atoms with Gasteiger partial charge >= 0.3 is 452 Å². The number of nitrogens with zero attached hydrogens (tertiary/aromatic N) is 5. The van der Waals surface area contributed by atoms with Gasteiger partial charge in [0.15, 0.2) is 0 Å². The molecule has 0 N–H and O–H groups in total. The molecular formula is C76H71N5OPt. The summed E-state index contributed by atoms with van der Waals surface area (Å²) in [5.74, 6) is 2.10. The number of rotatable bonds is 7. The van der Waals surface area contributed by atoms with E-state index in [9.17, 15) is 5.48 Å². The van der Waals surface area contributed by atoms with Crippen molar-refractivity contribution in [2.24, 2.45) is 0 Å². The zero-order valence-electron chi connectivity index (χ0n) is 54.3. The molecule has 6 nitrogen and oxygen atoms in total. The molecule has 0 saturated heterocycles. The van der Waals surface area contributed by atoms with Gasteiger partial charge in [-0.15, -0.1) is 0 Å². The zero-order chi connectivity index (χ0) is 62.3. The van der Waals surface area contributed by atoms with E-state index in [4.69, 9.17) is 11.1 Å². The molecule has 4 heterocycles. The first-order valence-corrected chi connectivity index (χ1v) is 29.7. The number of pyridine rings is 1. The summed E-state index contributed by atoms with van der Waals surface area (Å²) in [7, 11) is 0. The predicted octanol–water partition coefficient (Wildman–Crippen LogP) is 20.4. The monoisotopic (exact) mass is 1270 g/mol. The fourth-order valence-corrected chi connectivity index (χ4v) is 12.9. The first-order chi connectivity index (χ1) is 41.7. The van der Waals surface area contributed by atoms with Crippen LogP contribution in [0.2, 0.25) is 0 Å². The Morgan fingerprint density at radius 1 is 0.410 bits per heavy atom. The fraction of sp³-hybridized carbons (Fsp3) is 0.211. The summed E-state index contributed by atoms with van der Waals surface area (Å²) in [5, 5.41) is 4.20. The van der Waals surface area contributed by atoms with Gasteiger partial charge in [0.05, 0.1) is 0 Å². The van der Waals surface area contributed by atoms with E-state index in [1.165, 1.54) is 5.56 Å². The van der Waals surface area contributed by atoms with E-state index in [1.54, 1.807) is 0 Å². The van der Waals surface area contributed by atoms with Crippen LogP contribution in [0.4, 0.5) is 0 Å². The van der Waals surface area contributed by atoms with Gasteiger partial charge in [-0.1, -0.05) is 32.9 Å². The fourth-order valence-electron chi connectivity index (χ4n) is 11.8. The molecule has 0 radical (unpaired) electrons. The van der Waals surface area contributed by atoms with Crippen molar-refractivity contribution in [2.45, 2.75) is 105 Å². The summed E-state index contributed by atoms with van der Waals surface area (Å²) in [5.41, 5.74) is 14.1. The molecule has 0 atom stereocenters. The zero-order valence-corrected chi connectivity index (χ0v) is 51.6. The average Bonchev–Trinajstić information content (AvgIpc) is 1.54. The van der Waals surface area contributed by atoms with Gasteiger partial charge in [0.1, 0.15) is 0 Å². The molecule has 13 aromatic rings. The summed E-state index contributed by atoms with van der Waals surface area (Å²) in [6, 6.07) is 60.4. The molecule has 4 aromatic heterocycles. The molecule has 0 aliphatic carbocycles. The van der Waals surface area contributed by atoms with Crippen molar-refractivity contribution < 1.29 is 30.9 Å². The summed E-state index contributed by atoms with van der Waals surface area (Å²) in [4.78, 5) is 4.97. The van der Waals surface area contributed by atoms with Gasteiger partial charge < -0.3 is 0 Å². The van der Waals surface area contributed by atoms with Crippen LogP contribution in [0.25, 0.3) is 99.6 Å². The number of hydrogen-bond donors (Lipinski definition) is 0. The molecule has 416 valence electrons. The number of aromatic nitrogens is 5. The van der Waals surface area contributed by atoms with E-state index in [0.717, 1.165) is 103 Å². The van der Waals surface area contributed by atoms with Crippen molar-refractivity contribution >= 4 is 60.2 Å². The third kappa shape index (κ3) is 9.50. The van der Waals surface area contributed by atoms with Gasteiger partial charge in [-0.25, -0.2) is 0 Å². The Kier molecular flexibility index (Phi) is 11.6. The van der Waals surface area contributed by atoms with Crippen LogP contribution in [0.1, 0.15) is 112 Å². The molecule has 0 spiro atoms. The number of benzene rings is 9. The Balaban J connectivity index is 1.18. The standard InChI is InChI=1S/C76H71N5O.Pt/c1-73(2,3)51-38-39-77-70(45-51)81-65-32-22-19-28-58(65)60-36-34-56(46-68(60)81)82-57-35-37-66-69(47-57)79-48-78(67-33-23-30-61(72(67)79)59-29-20-21-31-64(59)80(66)55-26-17-14-18-27-55)71-62(49-24-15-13-16-25-49)43-54(76(10,11)12)44-63(71)50-40-52(74(4,5)6)42-53(41-50)75(7,8)9;/h13-47H,1-12H3;/i13D,15D,16D,24D,25D;. The van der Waals surface area contributed by atoms with Crippen LogP contribution in [-0.4, -0.2) is 23.1 Å². The quantitative estimate of drug-likeness (QED) is 0.160. The Hall–Kier alpha value is -8.31. The van der Waals surface area contributed by atoms with Crippen molar-refractivity contribution in [1.82, 2.24) is 23.1 Å². The molecule has 83 heavy (non-hydrogen) atoms. The van der Waals surface area contributed by atoms with E-state index in [-0.39, 0.29) is 33.9 Å². The van der Waals surface area contributed by atoms with Gasteiger partial charge in [-0.05, 0) is 17.0 Å². The van der Waals surface area contributed by atoms with E-state index < -0.39 is 23.5 Å². The Morgan fingerprint density at radius 3 is 1.59 bits per heavy atom. The van der Waals surface area contributed by atoms with Crippen LogP contribution in [0.3, 0.4) is 0 Å². The van der Waals surface area contributed by atoms with Crippen LogP contribution in [-0.2, 0) is 41.0 Å². The molecule has 0 amide bonds. The van der Waals surface area contributed by atoms with Gasteiger partial charge in [0.2, 0.25) is 0 Å². The maximum absolute atomic E-state index is 9.77. The number of imidazole rings is 1. The maximum atomic E-state index is 9.77. The number of fused-ring (bicyclic) bond motifs is 7.